The van der Waals surface area contributed by atoms with E-state index < -0.39 is 35.5 Å². The van der Waals surface area contributed by atoms with Crippen molar-refractivity contribution in [1.82, 2.24) is 4.90 Å². The summed E-state index contributed by atoms with van der Waals surface area (Å²) in [6.45, 7) is 8.98. The van der Waals surface area contributed by atoms with Crippen molar-refractivity contribution in [3.8, 4) is 0 Å². The fourth-order valence-electron chi connectivity index (χ4n) is 4.16. The lowest BCUT2D eigenvalue weighted by atomic mass is 9.88. The number of hydrogen-bond acceptors (Lipinski definition) is 7. The second-order valence-electron chi connectivity index (χ2n) is 10.6. The summed E-state index contributed by atoms with van der Waals surface area (Å²) < 4.78 is 16.8. The zero-order valence-electron chi connectivity index (χ0n) is 25.7. The lowest BCUT2D eigenvalue weighted by molar-refractivity contribution is -0.170. The van der Waals surface area contributed by atoms with Gasteiger partial charge in [-0.15, -0.1) is 0 Å². The van der Waals surface area contributed by atoms with E-state index in [0.29, 0.717) is 6.29 Å². The Morgan fingerprint density at radius 3 is 1.63 bits per heavy atom. The minimum absolute atomic E-state index is 0.0257. The number of nitrogens with zero attached hydrogens (tertiary/aromatic N) is 1. The van der Waals surface area contributed by atoms with Gasteiger partial charge in [0.1, 0.15) is 25.1 Å². The van der Waals surface area contributed by atoms with Crippen molar-refractivity contribution in [3.05, 3.63) is 108 Å². The van der Waals surface area contributed by atoms with Crippen LogP contribution >= 0.6 is 0 Å². The fraction of sp³-hybridized carbons (Fsp3) is 0.371. The fourth-order valence-corrected chi connectivity index (χ4v) is 4.16. The molecular formula is C35H43NO7. The van der Waals surface area contributed by atoms with E-state index in [1.165, 1.54) is 4.90 Å². The van der Waals surface area contributed by atoms with Crippen LogP contribution < -0.4 is 0 Å². The number of hydrogen-bond donors (Lipinski definition) is 0. The van der Waals surface area contributed by atoms with Crippen molar-refractivity contribution in [2.45, 2.75) is 66.4 Å². The highest BCUT2D eigenvalue weighted by molar-refractivity contribution is 5.84. The second-order valence-corrected chi connectivity index (χ2v) is 10.6. The van der Waals surface area contributed by atoms with Crippen molar-refractivity contribution in [2.24, 2.45) is 11.8 Å². The third kappa shape index (κ3) is 12.5. The van der Waals surface area contributed by atoms with Crippen LogP contribution in [0.5, 0.6) is 0 Å². The first-order chi connectivity index (χ1) is 20.7. The third-order valence-corrected chi connectivity index (χ3v) is 6.17. The van der Waals surface area contributed by atoms with Gasteiger partial charge in [0.05, 0.1) is 11.8 Å². The summed E-state index contributed by atoms with van der Waals surface area (Å²) in [6, 6.07) is 27.5. The molecule has 1 amide bonds. The molecule has 0 fully saturated rings. The minimum atomic E-state index is -1.19. The first kappa shape index (κ1) is 34.7. The molecule has 43 heavy (non-hydrogen) atoms. The molecule has 0 aliphatic rings. The zero-order valence-corrected chi connectivity index (χ0v) is 25.7. The predicted molar refractivity (Wildman–Crippen MR) is 165 cm³/mol. The average Bonchev–Trinajstić information content (AvgIpc) is 3.01. The molecule has 2 atom stereocenters. The molecule has 0 saturated carbocycles. The Morgan fingerprint density at radius 2 is 1.16 bits per heavy atom. The van der Waals surface area contributed by atoms with Gasteiger partial charge >= 0.3 is 18.0 Å². The van der Waals surface area contributed by atoms with Crippen molar-refractivity contribution < 1.29 is 33.4 Å². The normalized spacial score (nSPS) is 12.0. The molecule has 0 heterocycles. The van der Waals surface area contributed by atoms with Crippen LogP contribution in [-0.2, 0) is 48.4 Å². The Bertz CT molecular complexity index is 1260. The maximum absolute atomic E-state index is 13.6. The molecule has 230 valence electrons. The smallest absolute Gasteiger partial charge is 0.410 e. The first-order valence-corrected chi connectivity index (χ1v) is 14.5. The van der Waals surface area contributed by atoms with E-state index in [4.69, 9.17) is 14.2 Å². The van der Waals surface area contributed by atoms with Crippen LogP contribution in [0.2, 0.25) is 0 Å². The van der Waals surface area contributed by atoms with Gasteiger partial charge in [-0.1, -0.05) is 105 Å². The zero-order chi connectivity index (χ0) is 31.7. The molecule has 0 bridgehead atoms. The highest BCUT2D eigenvalue weighted by Gasteiger charge is 2.39. The van der Waals surface area contributed by atoms with Crippen molar-refractivity contribution in [2.75, 3.05) is 6.54 Å². The molecule has 0 aromatic heterocycles. The van der Waals surface area contributed by atoms with Crippen molar-refractivity contribution >= 4 is 24.3 Å². The van der Waals surface area contributed by atoms with E-state index in [1.54, 1.807) is 20.8 Å². The first-order valence-electron chi connectivity index (χ1n) is 14.5. The van der Waals surface area contributed by atoms with Crippen LogP contribution in [0.1, 0.15) is 57.7 Å². The monoisotopic (exact) mass is 589 g/mol. The quantitative estimate of drug-likeness (QED) is 0.123. The summed E-state index contributed by atoms with van der Waals surface area (Å²) in [5, 5.41) is 0. The largest absolute Gasteiger partial charge is 0.461 e. The SMILES string of the molecule is CC.CC(C)(C)OC(=O)[C@@H](CC=O)[C@H](CN(Cc1ccccc1)C(=O)OCc1ccccc1)C(=O)OCc1ccccc1. The molecule has 3 rings (SSSR count). The number of aldehydes is 1. The molecule has 3 aromatic rings. The molecule has 0 radical (unpaired) electrons. The van der Waals surface area contributed by atoms with Gasteiger partial charge < -0.3 is 23.9 Å². The number of esters is 2. The second kappa shape index (κ2) is 18.2. The standard InChI is InChI=1S/C33H37NO7.C2H6/c1-33(2,3)41-31(37)28(19-20-35)29(30(36)39-23-26-15-9-5-10-16-26)22-34(21-25-13-7-4-8-14-25)32(38)40-24-27-17-11-6-12-18-27;1-2/h4-18,20,28-29H,19,21-24H2,1-3H3;1-2H3/t28-,29-;/m0./s1. The molecule has 0 aliphatic heterocycles. The van der Waals surface area contributed by atoms with Gasteiger partial charge in [0.25, 0.3) is 0 Å². The molecule has 0 unspecified atom stereocenters. The maximum atomic E-state index is 13.6. The predicted octanol–water partition coefficient (Wildman–Crippen LogP) is 6.76. The summed E-state index contributed by atoms with van der Waals surface area (Å²) in [5.41, 5.74) is 1.50. The van der Waals surface area contributed by atoms with Crippen LogP contribution in [0.15, 0.2) is 91.0 Å². The Hall–Kier alpha value is -4.46. The van der Waals surface area contributed by atoms with Crippen LogP contribution in [0.3, 0.4) is 0 Å². The van der Waals surface area contributed by atoms with Gasteiger partial charge in [0, 0.05) is 19.5 Å². The summed E-state index contributed by atoms with van der Waals surface area (Å²) in [5.74, 6) is -3.80. The van der Waals surface area contributed by atoms with Crippen LogP contribution in [-0.4, -0.2) is 41.4 Å². The summed E-state index contributed by atoms with van der Waals surface area (Å²) in [7, 11) is 0. The van der Waals surface area contributed by atoms with E-state index in [2.05, 4.69) is 0 Å². The Balaban J connectivity index is 0.00000316. The number of carbonyl (C=O) groups is 4. The molecule has 0 saturated heterocycles. The van der Waals surface area contributed by atoms with Gasteiger partial charge in [-0.05, 0) is 37.5 Å². The van der Waals surface area contributed by atoms with Gasteiger partial charge in [0.15, 0.2) is 0 Å². The minimum Gasteiger partial charge on any atom is -0.461 e. The molecule has 8 nitrogen and oxygen atoms in total. The molecule has 8 heteroatoms. The van der Waals surface area contributed by atoms with E-state index in [-0.39, 0.29) is 32.7 Å². The number of rotatable bonds is 13. The van der Waals surface area contributed by atoms with Crippen LogP contribution in [0, 0.1) is 11.8 Å². The topological polar surface area (TPSA) is 99.2 Å². The lowest BCUT2D eigenvalue weighted by Gasteiger charge is -2.31. The summed E-state index contributed by atoms with van der Waals surface area (Å²) >= 11 is 0. The van der Waals surface area contributed by atoms with Gasteiger partial charge in [0.2, 0.25) is 0 Å². The highest BCUT2D eigenvalue weighted by Crippen LogP contribution is 2.25. The summed E-state index contributed by atoms with van der Waals surface area (Å²) in [4.78, 5) is 53.3. The third-order valence-electron chi connectivity index (χ3n) is 6.17. The lowest BCUT2D eigenvalue weighted by Crippen LogP contribution is -2.44. The van der Waals surface area contributed by atoms with Crippen LogP contribution in [0.4, 0.5) is 4.79 Å². The van der Waals surface area contributed by atoms with Crippen LogP contribution in [0.25, 0.3) is 0 Å². The molecule has 0 N–H and O–H groups in total. The van der Waals surface area contributed by atoms with Crippen molar-refractivity contribution in [3.63, 3.8) is 0 Å². The Labute approximate surface area is 255 Å². The number of carbonyl (C=O) groups excluding carboxylic acids is 4. The molecular weight excluding hydrogens is 546 g/mol. The average molecular weight is 590 g/mol. The Kier molecular flexibility index (Phi) is 14.7. The van der Waals surface area contributed by atoms with Crippen molar-refractivity contribution in [1.29, 1.82) is 0 Å². The highest BCUT2D eigenvalue weighted by atomic mass is 16.6. The Morgan fingerprint density at radius 1 is 0.698 bits per heavy atom. The van der Waals surface area contributed by atoms with E-state index in [9.17, 15) is 19.2 Å². The van der Waals surface area contributed by atoms with E-state index >= 15 is 0 Å². The number of benzene rings is 3. The maximum Gasteiger partial charge on any atom is 0.410 e. The van der Waals surface area contributed by atoms with Gasteiger partial charge in [-0.25, -0.2) is 4.79 Å². The van der Waals surface area contributed by atoms with Gasteiger partial charge in [-0.2, -0.15) is 0 Å². The van der Waals surface area contributed by atoms with Gasteiger partial charge in [-0.3, -0.25) is 9.59 Å². The summed E-state index contributed by atoms with van der Waals surface area (Å²) in [6.07, 6.45) is -0.382. The molecule has 0 aliphatic carbocycles. The van der Waals surface area contributed by atoms with E-state index in [0.717, 1.165) is 16.7 Å². The molecule has 0 spiro atoms. The number of ether oxygens (including phenoxy) is 3. The number of amides is 1. The molecule has 3 aromatic carbocycles. The van der Waals surface area contributed by atoms with E-state index in [1.807, 2.05) is 105 Å².